The molecular weight excluding hydrogens is 186 g/mol. The van der Waals surface area contributed by atoms with Gasteiger partial charge in [-0.05, 0) is 43.2 Å². The van der Waals surface area contributed by atoms with Gasteiger partial charge < -0.3 is 10.1 Å². The van der Waals surface area contributed by atoms with Crippen LogP contribution < -0.4 is 10.1 Å². The van der Waals surface area contributed by atoms with Crippen LogP contribution in [0.3, 0.4) is 0 Å². The molecule has 0 bridgehead atoms. The van der Waals surface area contributed by atoms with E-state index >= 15 is 0 Å². The maximum absolute atomic E-state index is 5.76. The monoisotopic (exact) mass is 203 g/mol. The third kappa shape index (κ3) is 2.09. The van der Waals surface area contributed by atoms with Gasteiger partial charge in [0.25, 0.3) is 0 Å². The van der Waals surface area contributed by atoms with E-state index in [9.17, 15) is 0 Å². The number of ether oxygens (including phenoxy) is 1. The highest BCUT2D eigenvalue weighted by Gasteiger charge is 2.22. The number of anilines is 1. The molecule has 0 aromatic heterocycles. The van der Waals surface area contributed by atoms with Crippen LogP contribution in [0.25, 0.3) is 0 Å². The number of rotatable bonds is 3. The molecule has 1 fully saturated rings. The number of hydrogen-bond donors (Lipinski definition) is 1. The summed E-state index contributed by atoms with van der Waals surface area (Å²) in [5.41, 5.74) is 2.70. The smallest absolute Gasteiger partial charge is 0.121 e. The summed E-state index contributed by atoms with van der Waals surface area (Å²) < 4.78 is 5.76. The fraction of sp³-hybridized carbons (Fsp3) is 0.538. The number of benzene rings is 1. The van der Waals surface area contributed by atoms with E-state index in [0.29, 0.717) is 0 Å². The van der Waals surface area contributed by atoms with Crippen LogP contribution in [0.4, 0.5) is 5.69 Å². The quantitative estimate of drug-likeness (QED) is 0.815. The van der Waals surface area contributed by atoms with Crippen LogP contribution in [0.15, 0.2) is 18.2 Å². The second-order valence-corrected chi connectivity index (χ2v) is 4.60. The fourth-order valence-corrected chi connectivity index (χ4v) is 2.03. The molecule has 0 saturated heterocycles. The molecule has 1 heterocycles. The first kappa shape index (κ1) is 9.08. The molecule has 0 spiro atoms. The molecule has 1 saturated carbocycles. The van der Waals surface area contributed by atoms with Gasteiger partial charge in [0.05, 0.1) is 6.61 Å². The van der Waals surface area contributed by atoms with Gasteiger partial charge in [0.2, 0.25) is 0 Å². The van der Waals surface area contributed by atoms with Crippen LogP contribution in [0.2, 0.25) is 0 Å². The molecule has 1 aromatic rings. The molecule has 80 valence electrons. The normalized spacial score (nSPS) is 19.2. The summed E-state index contributed by atoms with van der Waals surface area (Å²) in [5.74, 6) is 1.85. The Morgan fingerprint density at radius 1 is 1.33 bits per heavy atom. The Morgan fingerprint density at radius 3 is 3.13 bits per heavy atom. The molecule has 0 atom stereocenters. The van der Waals surface area contributed by atoms with Crippen LogP contribution in [0.5, 0.6) is 5.75 Å². The molecular formula is C13H17NO. The molecule has 3 rings (SSSR count). The van der Waals surface area contributed by atoms with Crippen molar-refractivity contribution in [3.8, 4) is 5.75 Å². The third-order valence-electron chi connectivity index (χ3n) is 3.20. The summed E-state index contributed by atoms with van der Waals surface area (Å²) in [7, 11) is 0. The Bertz CT molecular complexity index is 358. The summed E-state index contributed by atoms with van der Waals surface area (Å²) >= 11 is 0. The molecule has 1 aliphatic heterocycles. The molecule has 0 unspecified atom stereocenters. The van der Waals surface area contributed by atoms with Gasteiger partial charge in [-0.1, -0.05) is 6.07 Å². The zero-order valence-corrected chi connectivity index (χ0v) is 8.96. The average molecular weight is 203 g/mol. The maximum atomic E-state index is 5.76. The van der Waals surface area contributed by atoms with Gasteiger partial charge in [-0.25, -0.2) is 0 Å². The lowest BCUT2D eigenvalue weighted by Crippen LogP contribution is -2.11. The summed E-state index contributed by atoms with van der Waals surface area (Å²) in [6, 6.07) is 6.45. The first-order chi connectivity index (χ1) is 7.42. The summed E-state index contributed by atoms with van der Waals surface area (Å²) in [4.78, 5) is 0. The highest BCUT2D eigenvalue weighted by atomic mass is 16.5. The minimum Gasteiger partial charge on any atom is -0.493 e. The second kappa shape index (κ2) is 3.76. The summed E-state index contributed by atoms with van der Waals surface area (Å²) in [6.07, 6.45) is 5.15. The molecule has 0 radical (unpaired) electrons. The zero-order valence-electron chi connectivity index (χ0n) is 8.96. The van der Waals surface area contributed by atoms with Crippen LogP contribution in [-0.2, 0) is 6.42 Å². The van der Waals surface area contributed by atoms with Crippen LogP contribution >= 0.6 is 0 Å². The van der Waals surface area contributed by atoms with Gasteiger partial charge in [-0.3, -0.25) is 0 Å². The van der Waals surface area contributed by atoms with Gasteiger partial charge in [-0.15, -0.1) is 0 Å². The first-order valence-corrected chi connectivity index (χ1v) is 5.91. The van der Waals surface area contributed by atoms with E-state index in [1.807, 2.05) is 0 Å². The Kier molecular flexibility index (Phi) is 2.28. The molecule has 15 heavy (non-hydrogen) atoms. The van der Waals surface area contributed by atoms with Crippen molar-refractivity contribution < 1.29 is 4.74 Å². The summed E-state index contributed by atoms with van der Waals surface area (Å²) in [5, 5.41) is 3.43. The van der Waals surface area contributed by atoms with E-state index in [1.165, 1.54) is 36.9 Å². The Hall–Kier alpha value is -1.18. The Labute approximate surface area is 90.6 Å². The zero-order chi connectivity index (χ0) is 10.1. The Balaban J connectivity index is 1.71. The van der Waals surface area contributed by atoms with Crippen molar-refractivity contribution in [1.82, 2.24) is 0 Å². The van der Waals surface area contributed by atoms with Crippen molar-refractivity contribution in [3.63, 3.8) is 0 Å². The molecule has 1 aromatic carbocycles. The summed E-state index contributed by atoms with van der Waals surface area (Å²) in [6.45, 7) is 2.00. The Morgan fingerprint density at radius 2 is 2.27 bits per heavy atom. The van der Waals surface area contributed by atoms with Gasteiger partial charge in [0, 0.05) is 18.3 Å². The van der Waals surface area contributed by atoms with E-state index in [-0.39, 0.29) is 0 Å². The standard InChI is InChI=1S/C13H17NO/c1-2-11-5-6-12(8-13(11)14-7-1)15-9-10-3-4-10/h5-6,8,10,14H,1-4,7,9H2. The van der Waals surface area contributed by atoms with Gasteiger partial charge in [0.1, 0.15) is 5.75 Å². The molecule has 2 nitrogen and oxygen atoms in total. The molecule has 0 amide bonds. The van der Waals surface area contributed by atoms with Gasteiger partial charge >= 0.3 is 0 Å². The molecule has 1 aliphatic carbocycles. The lowest BCUT2D eigenvalue weighted by Gasteiger charge is -2.18. The maximum Gasteiger partial charge on any atom is 0.121 e. The van der Waals surface area contributed by atoms with Crippen molar-refractivity contribution in [3.05, 3.63) is 23.8 Å². The topological polar surface area (TPSA) is 21.3 Å². The van der Waals surface area contributed by atoms with E-state index in [2.05, 4.69) is 23.5 Å². The van der Waals surface area contributed by atoms with Crippen molar-refractivity contribution in [2.45, 2.75) is 25.7 Å². The SMILES string of the molecule is c1cc2c(cc1OCC1CC1)NCCC2. The van der Waals surface area contributed by atoms with Crippen molar-refractivity contribution >= 4 is 5.69 Å². The van der Waals surface area contributed by atoms with E-state index in [1.54, 1.807) is 0 Å². The number of hydrogen-bond acceptors (Lipinski definition) is 2. The molecule has 2 heteroatoms. The third-order valence-corrected chi connectivity index (χ3v) is 3.20. The van der Waals surface area contributed by atoms with Crippen LogP contribution in [0, 0.1) is 5.92 Å². The van der Waals surface area contributed by atoms with E-state index in [4.69, 9.17) is 4.74 Å². The number of fused-ring (bicyclic) bond motifs is 1. The van der Waals surface area contributed by atoms with Crippen molar-refractivity contribution in [2.24, 2.45) is 5.92 Å². The number of nitrogens with one attached hydrogen (secondary N) is 1. The van der Waals surface area contributed by atoms with E-state index < -0.39 is 0 Å². The largest absolute Gasteiger partial charge is 0.493 e. The van der Waals surface area contributed by atoms with Gasteiger partial charge in [-0.2, -0.15) is 0 Å². The molecule has 2 aliphatic rings. The fourth-order valence-electron chi connectivity index (χ4n) is 2.03. The first-order valence-electron chi connectivity index (χ1n) is 5.91. The number of aryl methyl sites for hydroxylation is 1. The molecule has 1 N–H and O–H groups in total. The minimum atomic E-state index is 0.828. The average Bonchev–Trinajstić information content (AvgIpc) is 3.10. The van der Waals surface area contributed by atoms with Crippen molar-refractivity contribution in [2.75, 3.05) is 18.5 Å². The highest BCUT2D eigenvalue weighted by molar-refractivity contribution is 5.56. The van der Waals surface area contributed by atoms with E-state index in [0.717, 1.165) is 24.8 Å². The highest BCUT2D eigenvalue weighted by Crippen LogP contribution is 2.31. The lowest BCUT2D eigenvalue weighted by atomic mass is 10.0. The van der Waals surface area contributed by atoms with Crippen LogP contribution in [-0.4, -0.2) is 13.2 Å². The minimum absolute atomic E-state index is 0.828. The van der Waals surface area contributed by atoms with Crippen LogP contribution in [0.1, 0.15) is 24.8 Å². The predicted molar refractivity (Wildman–Crippen MR) is 61.5 cm³/mol. The van der Waals surface area contributed by atoms with Crippen molar-refractivity contribution in [1.29, 1.82) is 0 Å². The second-order valence-electron chi connectivity index (χ2n) is 4.60. The predicted octanol–water partition coefficient (Wildman–Crippen LogP) is 2.83. The lowest BCUT2D eigenvalue weighted by molar-refractivity contribution is 0.300. The van der Waals surface area contributed by atoms with Gasteiger partial charge in [0.15, 0.2) is 0 Å².